The van der Waals surface area contributed by atoms with Crippen molar-refractivity contribution in [3.05, 3.63) is 83.4 Å². The van der Waals surface area contributed by atoms with Crippen LogP contribution in [0.5, 0.6) is 46.0 Å². The summed E-state index contributed by atoms with van der Waals surface area (Å²) >= 11 is 0. The molecule has 4 aromatic carbocycles. The van der Waals surface area contributed by atoms with Crippen molar-refractivity contribution in [2.45, 2.75) is 6.10 Å². The Morgan fingerprint density at radius 1 is 0.520 bits per heavy atom. The lowest BCUT2D eigenvalue weighted by Crippen LogP contribution is -2.17. The van der Waals surface area contributed by atoms with E-state index in [-0.39, 0.29) is 6.61 Å². The first kappa shape index (κ1) is 36.8. The molecule has 264 valence electrons. The largest absolute Gasteiger partial charge is 0.493 e. The zero-order valence-corrected chi connectivity index (χ0v) is 29.2. The van der Waals surface area contributed by atoms with Crippen LogP contribution in [0.25, 0.3) is 22.9 Å². The van der Waals surface area contributed by atoms with Crippen molar-refractivity contribution in [1.82, 2.24) is 0 Å². The molecule has 0 aromatic heterocycles. The number of rotatable bonds is 16. The third-order valence-corrected chi connectivity index (χ3v) is 7.57. The van der Waals surface area contributed by atoms with Gasteiger partial charge in [0.05, 0.1) is 56.9 Å². The maximum Gasteiger partial charge on any atom is 0.331 e. The molecule has 50 heavy (non-hydrogen) atoms. The maximum atomic E-state index is 13.2. The predicted molar refractivity (Wildman–Crippen MR) is 187 cm³/mol. The number of benzene rings is 4. The number of carbonyl (C=O) groups excluding carboxylic acids is 2. The Labute approximate surface area is 290 Å². The smallest absolute Gasteiger partial charge is 0.331 e. The molecule has 12 heteroatoms. The Bertz CT molecular complexity index is 1830. The van der Waals surface area contributed by atoms with Gasteiger partial charge >= 0.3 is 11.9 Å². The van der Waals surface area contributed by atoms with Gasteiger partial charge in [-0.25, -0.2) is 9.59 Å². The van der Waals surface area contributed by atoms with E-state index in [0.717, 1.165) is 10.8 Å². The summed E-state index contributed by atoms with van der Waals surface area (Å²) in [6.45, 7) is -0.277. The summed E-state index contributed by atoms with van der Waals surface area (Å²) in [5.41, 5.74) is 1.79. The fraction of sp³-hybridized carbons (Fsp3) is 0.263. The molecule has 4 aromatic rings. The van der Waals surface area contributed by atoms with Gasteiger partial charge < -0.3 is 47.4 Å². The minimum Gasteiger partial charge on any atom is -0.493 e. The lowest BCUT2D eigenvalue weighted by atomic mass is 10.0. The Balaban J connectivity index is 1.60. The predicted octanol–water partition coefficient (Wildman–Crippen LogP) is 6.46. The minimum atomic E-state index is -0.969. The van der Waals surface area contributed by atoms with Crippen molar-refractivity contribution in [2.24, 2.45) is 0 Å². The summed E-state index contributed by atoms with van der Waals surface area (Å²) in [4.78, 5) is 26.1. The van der Waals surface area contributed by atoms with E-state index in [1.54, 1.807) is 56.7 Å². The van der Waals surface area contributed by atoms with Gasteiger partial charge in [-0.2, -0.15) is 0 Å². The number of carbonyl (C=O) groups is 2. The van der Waals surface area contributed by atoms with Gasteiger partial charge in [0.1, 0.15) is 6.61 Å². The summed E-state index contributed by atoms with van der Waals surface area (Å²) in [7, 11) is 12.1. The van der Waals surface area contributed by atoms with E-state index >= 15 is 0 Å². The highest BCUT2D eigenvalue weighted by Crippen LogP contribution is 2.40. The number of ether oxygens (including phenoxy) is 10. The molecule has 0 N–H and O–H groups in total. The van der Waals surface area contributed by atoms with E-state index in [4.69, 9.17) is 47.4 Å². The molecule has 0 saturated carbocycles. The first-order chi connectivity index (χ1) is 24.2. The molecule has 0 unspecified atom stereocenters. The van der Waals surface area contributed by atoms with Crippen molar-refractivity contribution < 1.29 is 57.0 Å². The SMILES string of the molecule is COc1cc2ccc([C@@H](COC(=O)/C=C/c3cc(OC)c(OC)c(OC)c3)OC(=O)/C=C/c3cc(OC)c(OC)c(OC)c3)cc2cc1OC. The van der Waals surface area contributed by atoms with Crippen LogP contribution in [0.15, 0.2) is 66.7 Å². The molecular weight excluding hydrogens is 648 g/mol. The highest BCUT2D eigenvalue weighted by molar-refractivity contribution is 5.89. The maximum absolute atomic E-state index is 13.2. The summed E-state index contributed by atoms with van der Waals surface area (Å²) in [6.07, 6.45) is 4.64. The number of methoxy groups -OCH3 is 8. The van der Waals surface area contributed by atoms with Crippen molar-refractivity contribution in [3.63, 3.8) is 0 Å². The fourth-order valence-electron chi connectivity index (χ4n) is 5.10. The molecule has 1 atom stereocenters. The van der Waals surface area contributed by atoms with Crippen molar-refractivity contribution in [3.8, 4) is 46.0 Å². The first-order valence-electron chi connectivity index (χ1n) is 15.2. The first-order valence-corrected chi connectivity index (χ1v) is 15.2. The van der Waals surface area contributed by atoms with Crippen LogP contribution in [0, 0.1) is 0 Å². The van der Waals surface area contributed by atoms with Crippen LogP contribution in [-0.2, 0) is 19.1 Å². The zero-order valence-electron chi connectivity index (χ0n) is 29.2. The van der Waals surface area contributed by atoms with Crippen LogP contribution in [0.3, 0.4) is 0 Å². The Morgan fingerprint density at radius 3 is 1.40 bits per heavy atom. The van der Waals surface area contributed by atoms with Gasteiger partial charge in [-0.3, -0.25) is 0 Å². The van der Waals surface area contributed by atoms with E-state index in [1.165, 1.54) is 54.8 Å². The van der Waals surface area contributed by atoms with Gasteiger partial charge in [0, 0.05) is 12.2 Å². The quantitative estimate of drug-likeness (QED) is 0.0947. The van der Waals surface area contributed by atoms with E-state index in [1.807, 2.05) is 24.3 Å². The monoisotopic (exact) mass is 688 g/mol. The van der Waals surface area contributed by atoms with Crippen molar-refractivity contribution >= 4 is 34.9 Å². The minimum absolute atomic E-state index is 0.277. The third-order valence-electron chi connectivity index (χ3n) is 7.57. The standard InChI is InChI=1S/C38H40O12/c1-41-28-20-25-11-12-26(19-27(25)21-29(28)42-2)34(50-36(40)14-10-24-17-32(45-5)38(48-8)33(18-24)46-6)22-49-35(39)13-9-23-15-30(43-3)37(47-7)31(16-23)44-4/h9-21,34H,22H2,1-8H3/b13-9+,14-10+/t34-/m1/s1. The number of esters is 2. The third kappa shape index (κ3) is 8.70. The summed E-state index contributed by atoms with van der Waals surface area (Å²) in [5.74, 6) is 2.29. The topological polar surface area (TPSA) is 126 Å². The van der Waals surface area contributed by atoms with Gasteiger partial charge in [-0.05, 0) is 82.1 Å². The molecule has 0 heterocycles. The number of hydrogen-bond acceptors (Lipinski definition) is 12. The van der Waals surface area contributed by atoms with E-state index in [0.29, 0.717) is 62.7 Å². The highest BCUT2D eigenvalue weighted by Gasteiger charge is 2.20. The van der Waals surface area contributed by atoms with Gasteiger partial charge in [0.2, 0.25) is 11.5 Å². The molecule has 12 nitrogen and oxygen atoms in total. The highest BCUT2D eigenvalue weighted by atomic mass is 16.6. The van der Waals surface area contributed by atoms with Crippen LogP contribution in [0.1, 0.15) is 22.8 Å². The molecule has 0 amide bonds. The van der Waals surface area contributed by atoms with Gasteiger partial charge in [0.25, 0.3) is 0 Å². The van der Waals surface area contributed by atoms with Crippen LogP contribution in [0.4, 0.5) is 0 Å². The van der Waals surface area contributed by atoms with Gasteiger partial charge in [-0.15, -0.1) is 0 Å². The Hall–Kier alpha value is -6.04. The fourth-order valence-corrected chi connectivity index (χ4v) is 5.10. The normalized spacial score (nSPS) is 11.6. The molecule has 0 aliphatic carbocycles. The molecule has 0 aliphatic heterocycles. The molecule has 0 bridgehead atoms. The Morgan fingerprint density at radius 2 is 0.960 bits per heavy atom. The summed E-state index contributed by atoms with van der Waals surface area (Å²) < 4.78 is 54.6. The van der Waals surface area contributed by atoms with Gasteiger partial charge in [-0.1, -0.05) is 12.1 Å². The number of fused-ring (bicyclic) bond motifs is 1. The molecule has 0 aliphatic rings. The zero-order chi connectivity index (χ0) is 36.2. The van der Waals surface area contributed by atoms with E-state index in [9.17, 15) is 9.59 Å². The van der Waals surface area contributed by atoms with E-state index in [2.05, 4.69) is 0 Å². The van der Waals surface area contributed by atoms with E-state index < -0.39 is 18.0 Å². The molecule has 0 fully saturated rings. The molecular formula is C38H40O12. The lowest BCUT2D eigenvalue weighted by Gasteiger charge is -2.18. The van der Waals surface area contributed by atoms with Crippen molar-refractivity contribution in [2.75, 3.05) is 63.5 Å². The molecule has 0 saturated heterocycles. The summed E-state index contributed by atoms with van der Waals surface area (Å²) in [5, 5.41) is 1.66. The van der Waals surface area contributed by atoms with Gasteiger partial charge in [0.15, 0.2) is 40.6 Å². The average molecular weight is 689 g/mol. The van der Waals surface area contributed by atoms with Crippen LogP contribution >= 0.6 is 0 Å². The van der Waals surface area contributed by atoms with Crippen molar-refractivity contribution in [1.29, 1.82) is 0 Å². The molecule has 0 spiro atoms. The Kier molecular flexibility index (Phi) is 12.8. The van der Waals surface area contributed by atoms with Crippen LogP contribution in [0.2, 0.25) is 0 Å². The second kappa shape index (κ2) is 17.4. The lowest BCUT2D eigenvalue weighted by molar-refractivity contribution is -0.153. The second-order valence-corrected chi connectivity index (χ2v) is 10.5. The number of hydrogen-bond donors (Lipinski definition) is 0. The molecule has 0 radical (unpaired) electrons. The molecule has 4 rings (SSSR count). The van der Waals surface area contributed by atoms with Crippen LogP contribution < -0.4 is 37.9 Å². The van der Waals surface area contributed by atoms with Crippen LogP contribution in [-0.4, -0.2) is 75.4 Å². The average Bonchev–Trinajstić information content (AvgIpc) is 3.15. The second-order valence-electron chi connectivity index (χ2n) is 10.5. The summed E-state index contributed by atoms with van der Waals surface area (Å²) in [6, 6.07) is 15.9.